The van der Waals surface area contributed by atoms with Crippen LogP contribution in [0, 0.1) is 5.92 Å². The van der Waals surface area contributed by atoms with Crippen molar-refractivity contribution in [2.75, 3.05) is 13.7 Å². The molecule has 0 spiro atoms. The van der Waals surface area contributed by atoms with E-state index in [2.05, 4.69) is 6.92 Å². The lowest BCUT2D eigenvalue weighted by Gasteiger charge is -2.31. The van der Waals surface area contributed by atoms with Crippen LogP contribution in [0.5, 0.6) is 0 Å². The average Bonchev–Trinajstić information content (AvgIpc) is 2.74. The van der Waals surface area contributed by atoms with Gasteiger partial charge >= 0.3 is 6.09 Å². The Morgan fingerprint density at radius 2 is 2.06 bits per heavy atom. The van der Waals surface area contributed by atoms with E-state index in [0.717, 1.165) is 6.42 Å². The molecule has 0 bridgehead atoms. The molecule has 4 heteroatoms. The second kappa shape index (κ2) is 4.24. The summed E-state index contributed by atoms with van der Waals surface area (Å²) in [5, 5.41) is 9.04. The van der Waals surface area contributed by atoms with Gasteiger partial charge in [-0.05, 0) is 39.5 Å². The van der Waals surface area contributed by atoms with Crippen LogP contribution in [0.2, 0.25) is 0 Å². The van der Waals surface area contributed by atoms with Gasteiger partial charge in [-0.3, -0.25) is 0 Å². The number of ether oxygens (including phenoxy) is 1. The third-order valence-corrected chi connectivity index (χ3v) is 3.30. The molecule has 4 nitrogen and oxygen atoms in total. The molecule has 0 aromatic heterocycles. The minimum Gasteiger partial charge on any atom is -0.444 e. The molecule has 0 saturated heterocycles. The van der Waals surface area contributed by atoms with Crippen LogP contribution in [0.1, 0.15) is 40.5 Å². The SMILES string of the molecule is CC1CC1(CCO)N(C)C(=O)OC(C)(C)C. The van der Waals surface area contributed by atoms with Crippen molar-refractivity contribution in [1.82, 2.24) is 4.90 Å². The number of amides is 1. The van der Waals surface area contributed by atoms with Gasteiger partial charge in [-0.2, -0.15) is 0 Å². The predicted octanol–water partition coefficient (Wildman–Crippen LogP) is 2.01. The van der Waals surface area contributed by atoms with Crippen LogP contribution in [-0.4, -0.2) is 40.9 Å². The van der Waals surface area contributed by atoms with Crippen molar-refractivity contribution >= 4 is 6.09 Å². The quantitative estimate of drug-likeness (QED) is 0.805. The van der Waals surface area contributed by atoms with E-state index in [0.29, 0.717) is 12.3 Å². The largest absolute Gasteiger partial charge is 0.444 e. The van der Waals surface area contributed by atoms with Crippen LogP contribution in [-0.2, 0) is 4.74 Å². The van der Waals surface area contributed by atoms with Gasteiger partial charge in [0.25, 0.3) is 0 Å². The number of nitrogens with zero attached hydrogens (tertiary/aromatic N) is 1. The standard InChI is InChI=1S/C12H23NO3/c1-9-8-12(9,6-7-14)13(5)10(15)16-11(2,3)4/h9,14H,6-8H2,1-5H3. The lowest BCUT2D eigenvalue weighted by atomic mass is 10.1. The summed E-state index contributed by atoms with van der Waals surface area (Å²) in [5.41, 5.74) is -0.652. The molecule has 1 fully saturated rings. The monoisotopic (exact) mass is 229 g/mol. The van der Waals surface area contributed by atoms with Crippen molar-refractivity contribution in [3.8, 4) is 0 Å². The lowest BCUT2D eigenvalue weighted by Crippen LogP contribution is -2.43. The minimum absolute atomic E-state index is 0.109. The maximum Gasteiger partial charge on any atom is 0.410 e. The van der Waals surface area contributed by atoms with Crippen molar-refractivity contribution in [3.63, 3.8) is 0 Å². The first kappa shape index (κ1) is 13.3. The molecule has 2 atom stereocenters. The normalized spacial score (nSPS) is 28.8. The molecule has 1 amide bonds. The van der Waals surface area contributed by atoms with Gasteiger partial charge in [0.05, 0.1) is 5.54 Å². The number of carbonyl (C=O) groups is 1. The summed E-state index contributed by atoms with van der Waals surface area (Å²) < 4.78 is 5.33. The van der Waals surface area contributed by atoms with Gasteiger partial charge in [0.1, 0.15) is 5.60 Å². The van der Waals surface area contributed by atoms with Gasteiger partial charge in [0.2, 0.25) is 0 Å². The minimum atomic E-state index is -0.468. The molecular weight excluding hydrogens is 206 g/mol. The second-order valence-electron chi connectivity index (χ2n) is 5.72. The van der Waals surface area contributed by atoms with Crippen molar-refractivity contribution in [3.05, 3.63) is 0 Å². The Morgan fingerprint density at radius 1 is 1.56 bits per heavy atom. The highest BCUT2D eigenvalue weighted by Gasteiger charge is 2.55. The third-order valence-electron chi connectivity index (χ3n) is 3.30. The summed E-state index contributed by atoms with van der Waals surface area (Å²) >= 11 is 0. The Morgan fingerprint density at radius 3 is 2.38 bits per heavy atom. The molecule has 0 heterocycles. The van der Waals surface area contributed by atoms with Crippen LogP contribution >= 0.6 is 0 Å². The highest BCUT2D eigenvalue weighted by Crippen LogP contribution is 2.50. The van der Waals surface area contributed by atoms with Gasteiger partial charge in [0, 0.05) is 13.7 Å². The summed E-state index contributed by atoms with van der Waals surface area (Å²) in [6.07, 6.45) is 1.28. The Balaban J connectivity index is 2.63. The Kier molecular flexibility index (Phi) is 3.53. The summed E-state index contributed by atoms with van der Waals surface area (Å²) in [5.74, 6) is 0.442. The average molecular weight is 229 g/mol. The van der Waals surface area contributed by atoms with Crippen LogP contribution < -0.4 is 0 Å². The lowest BCUT2D eigenvalue weighted by molar-refractivity contribution is 0.0152. The molecule has 0 aromatic carbocycles. The van der Waals surface area contributed by atoms with E-state index in [-0.39, 0.29) is 18.2 Å². The summed E-state index contributed by atoms with van der Waals surface area (Å²) in [6, 6.07) is 0. The van der Waals surface area contributed by atoms with Crippen LogP contribution in [0.4, 0.5) is 4.79 Å². The van der Waals surface area contributed by atoms with E-state index in [9.17, 15) is 4.79 Å². The van der Waals surface area contributed by atoms with Gasteiger partial charge in [0.15, 0.2) is 0 Å². The fraction of sp³-hybridized carbons (Fsp3) is 0.917. The fourth-order valence-electron chi connectivity index (χ4n) is 2.16. The first-order chi connectivity index (χ1) is 7.23. The summed E-state index contributed by atoms with van der Waals surface area (Å²) in [6.45, 7) is 7.77. The van der Waals surface area contributed by atoms with Crippen LogP contribution in [0.25, 0.3) is 0 Å². The van der Waals surface area contributed by atoms with E-state index >= 15 is 0 Å². The van der Waals surface area contributed by atoms with Crippen molar-refractivity contribution < 1.29 is 14.6 Å². The van der Waals surface area contributed by atoms with Gasteiger partial charge < -0.3 is 14.7 Å². The molecule has 16 heavy (non-hydrogen) atoms. The van der Waals surface area contributed by atoms with Crippen molar-refractivity contribution in [2.24, 2.45) is 5.92 Å². The zero-order valence-electron chi connectivity index (χ0n) is 10.9. The number of hydrogen-bond donors (Lipinski definition) is 1. The second-order valence-corrected chi connectivity index (χ2v) is 5.72. The van der Waals surface area contributed by atoms with Gasteiger partial charge in [-0.15, -0.1) is 0 Å². The van der Waals surface area contributed by atoms with E-state index in [4.69, 9.17) is 9.84 Å². The molecule has 1 aliphatic carbocycles. The first-order valence-electron chi connectivity index (χ1n) is 5.80. The Hall–Kier alpha value is -0.770. The summed E-state index contributed by atoms with van der Waals surface area (Å²) in [4.78, 5) is 13.5. The highest BCUT2D eigenvalue weighted by atomic mass is 16.6. The van der Waals surface area contributed by atoms with Gasteiger partial charge in [-0.25, -0.2) is 4.79 Å². The van der Waals surface area contributed by atoms with E-state index in [1.807, 2.05) is 20.8 Å². The van der Waals surface area contributed by atoms with E-state index < -0.39 is 5.60 Å². The van der Waals surface area contributed by atoms with Gasteiger partial charge in [-0.1, -0.05) is 6.92 Å². The molecule has 1 saturated carbocycles. The molecule has 0 radical (unpaired) electrons. The van der Waals surface area contributed by atoms with Crippen molar-refractivity contribution in [2.45, 2.75) is 51.7 Å². The maximum atomic E-state index is 11.9. The smallest absolute Gasteiger partial charge is 0.410 e. The number of aliphatic hydroxyl groups excluding tert-OH is 1. The topological polar surface area (TPSA) is 49.8 Å². The Bertz CT molecular complexity index is 272. The molecule has 0 aliphatic heterocycles. The number of rotatable bonds is 3. The van der Waals surface area contributed by atoms with Crippen LogP contribution in [0.15, 0.2) is 0 Å². The summed E-state index contributed by atoms with van der Waals surface area (Å²) in [7, 11) is 1.76. The molecule has 94 valence electrons. The highest BCUT2D eigenvalue weighted by molar-refractivity contribution is 5.69. The molecule has 2 unspecified atom stereocenters. The van der Waals surface area contributed by atoms with Crippen molar-refractivity contribution in [1.29, 1.82) is 0 Å². The zero-order valence-corrected chi connectivity index (χ0v) is 10.9. The Labute approximate surface area is 97.6 Å². The number of aliphatic hydroxyl groups is 1. The predicted molar refractivity (Wildman–Crippen MR) is 62.2 cm³/mol. The third kappa shape index (κ3) is 2.67. The number of carbonyl (C=O) groups excluding carboxylic acids is 1. The van der Waals surface area contributed by atoms with Crippen LogP contribution in [0.3, 0.4) is 0 Å². The molecule has 1 aliphatic rings. The van der Waals surface area contributed by atoms with E-state index in [1.54, 1.807) is 11.9 Å². The first-order valence-corrected chi connectivity index (χ1v) is 5.80. The molecule has 0 aromatic rings. The number of hydrogen-bond acceptors (Lipinski definition) is 3. The zero-order chi connectivity index (χ0) is 12.6. The fourth-order valence-corrected chi connectivity index (χ4v) is 2.16. The van der Waals surface area contributed by atoms with E-state index in [1.165, 1.54) is 0 Å². The molecule has 1 rings (SSSR count). The molecular formula is C12H23NO3. The molecule has 1 N–H and O–H groups in total. The maximum absolute atomic E-state index is 11.9.